The van der Waals surface area contributed by atoms with Crippen LogP contribution < -0.4 is 5.32 Å². The highest BCUT2D eigenvalue weighted by Crippen LogP contribution is 2.41. The Kier molecular flexibility index (Phi) is 7.43. The Hall–Kier alpha value is -3.44. The topological polar surface area (TPSA) is 32.3 Å². The number of likely N-dealkylation sites (tertiary alicyclic amines) is 1. The van der Waals surface area contributed by atoms with Gasteiger partial charge in [-0.2, -0.15) is 0 Å². The zero-order valence-electron chi connectivity index (χ0n) is 21.3. The second kappa shape index (κ2) is 10.9. The fourth-order valence-corrected chi connectivity index (χ4v) is 6.62. The molecule has 5 rings (SSSR count). The number of hydrogen-bond donors (Lipinski definition) is 1. The Balaban J connectivity index is 1.27. The summed E-state index contributed by atoms with van der Waals surface area (Å²) in [6.45, 7) is 8.87. The quantitative estimate of drug-likeness (QED) is 0.272. The predicted octanol–water partition coefficient (Wildman–Crippen LogP) is 7.15. The van der Waals surface area contributed by atoms with Crippen LogP contribution in [-0.4, -0.2) is 23.9 Å². The minimum atomic E-state index is -0.250. The molecule has 1 amide bonds. The fraction of sp³-hybridized carbons (Fsp3) is 0.281. The van der Waals surface area contributed by atoms with Crippen molar-refractivity contribution < 1.29 is 9.18 Å². The Morgan fingerprint density at radius 1 is 1.00 bits per heavy atom. The minimum absolute atomic E-state index is 0.158. The van der Waals surface area contributed by atoms with Crippen molar-refractivity contribution in [2.24, 2.45) is 0 Å². The molecule has 1 aliphatic rings. The van der Waals surface area contributed by atoms with E-state index in [1.807, 2.05) is 22.3 Å². The van der Waals surface area contributed by atoms with Gasteiger partial charge in [0.1, 0.15) is 5.82 Å². The molecular weight excluding hydrogens is 479 g/mol. The van der Waals surface area contributed by atoms with E-state index in [9.17, 15) is 9.18 Å². The lowest BCUT2D eigenvalue weighted by Crippen LogP contribution is -2.48. The lowest BCUT2D eigenvalue weighted by molar-refractivity contribution is -0.132. The van der Waals surface area contributed by atoms with Crippen LogP contribution in [0.1, 0.15) is 40.8 Å². The molecule has 0 radical (unpaired) electrons. The number of aryl methyl sites for hydroxylation is 2. The molecule has 2 heterocycles. The molecule has 1 aliphatic heterocycles. The van der Waals surface area contributed by atoms with E-state index in [2.05, 4.69) is 67.4 Å². The third-order valence-corrected chi connectivity index (χ3v) is 9.09. The maximum Gasteiger partial charge on any atom is 0.222 e. The largest absolute Gasteiger partial charge is 0.383 e. The van der Waals surface area contributed by atoms with Crippen LogP contribution in [0.2, 0.25) is 0 Å². The highest BCUT2D eigenvalue weighted by molar-refractivity contribution is 7.19. The summed E-state index contributed by atoms with van der Waals surface area (Å²) in [6.07, 6.45) is 2.73. The van der Waals surface area contributed by atoms with Crippen LogP contribution in [0, 0.1) is 12.7 Å². The molecule has 1 aromatic heterocycles. The van der Waals surface area contributed by atoms with Gasteiger partial charge >= 0.3 is 0 Å². The molecule has 1 saturated heterocycles. The van der Waals surface area contributed by atoms with E-state index in [1.54, 1.807) is 12.1 Å². The van der Waals surface area contributed by atoms with Gasteiger partial charge in [0, 0.05) is 46.7 Å². The van der Waals surface area contributed by atoms with E-state index in [0.717, 1.165) is 30.6 Å². The molecule has 0 atom stereocenters. The monoisotopic (exact) mass is 512 g/mol. The van der Waals surface area contributed by atoms with E-state index in [0.29, 0.717) is 25.9 Å². The first-order chi connectivity index (χ1) is 18.0. The molecule has 0 bridgehead atoms. The van der Waals surface area contributed by atoms with Gasteiger partial charge in [0.25, 0.3) is 0 Å². The number of halogens is 1. The van der Waals surface area contributed by atoms with Gasteiger partial charge in [-0.25, -0.2) is 4.39 Å². The standard InChI is InChI=1S/C32H33FN2OS/c1-23-28-10-6-7-11-29(28)37-30(23)22-34-24(2)32(26-8-4-3-5-9-26)18-20-35(21-19-32)31(36)17-14-25-12-15-27(33)16-13-25/h3-13,15-16,34H,2,14,17-22H2,1H3. The lowest BCUT2D eigenvalue weighted by atomic mass is 9.70. The Labute approximate surface area is 222 Å². The first-order valence-corrected chi connectivity index (χ1v) is 13.8. The molecule has 1 fully saturated rings. The molecule has 0 unspecified atom stereocenters. The third-order valence-electron chi connectivity index (χ3n) is 7.82. The number of thiophene rings is 1. The van der Waals surface area contributed by atoms with E-state index in [-0.39, 0.29) is 17.1 Å². The normalized spacial score (nSPS) is 15.0. The highest BCUT2D eigenvalue weighted by atomic mass is 32.1. The Morgan fingerprint density at radius 3 is 2.38 bits per heavy atom. The Bertz CT molecular complexity index is 1390. The van der Waals surface area contributed by atoms with Crippen LogP contribution in [0.25, 0.3) is 10.1 Å². The first kappa shape index (κ1) is 25.2. The summed E-state index contributed by atoms with van der Waals surface area (Å²) in [5.74, 6) is -0.0924. The number of amides is 1. The van der Waals surface area contributed by atoms with Crippen molar-refractivity contribution in [1.82, 2.24) is 10.2 Å². The molecule has 1 N–H and O–H groups in total. The van der Waals surface area contributed by atoms with Crippen molar-refractivity contribution in [3.63, 3.8) is 0 Å². The van der Waals surface area contributed by atoms with Crippen molar-refractivity contribution in [1.29, 1.82) is 0 Å². The molecule has 5 heteroatoms. The van der Waals surface area contributed by atoms with E-state index < -0.39 is 0 Å². The van der Waals surface area contributed by atoms with Gasteiger partial charge in [0.2, 0.25) is 5.91 Å². The van der Waals surface area contributed by atoms with E-state index >= 15 is 0 Å². The summed E-state index contributed by atoms with van der Waals surface area (Å²) in [4.78, 5) is 16.3. The number of nitrogens with one attached hydrogen (secondary N) is 1. The number of benzene rings is 3. The fourth-order valence-electron chi connectivity index (χ4n) is 5.47. The van der Waals surface area contributed by atoms with Gasteiger partial charge in [0.05, 0.1) is 0 Å². The van der Waals surface area contributed by atoms with Gasteiger partial charge in [-0.3, -0.25) is 4.79 Å². The van der Waals surface area contributed by atoms with Crippen molar-refractivity contribution in [3.05, 3.63) is 119 Å². The average Bonchev–Trinajstić information content (AvgIpc) is 3.27. The number of fused-ring (bicyclic) bond motifs is 1. The molecule has 3 nitrogen and oxygen atoms in total. The number of carbonyl (C=O) groups is 1. The van der Waals surface area contributed by atoms with E-state index in [1.165, 1.54) is 38.2 Å². The van der Waals surface area contributed by atoms with Crippen molar-refractivity contribution in [2.75, 3.05) is 13.1 Å². The zero-order valence-corrected chi connectivity index (χ0v) is 22.1. The maximum atomic E-state index is 13.2. The molecule has 4 aromatic rings. The van der Waals surface area contributed by atoms with Gasteiger partial charge < -0.3 is 10.2 Å². The van der Waals surface area contributed by atoms with Crippen LogP contribution in [-0.2, 0) is 23.2 Å². The first-order valence-electron chi connectivity index (χ1n) is 12.9. The van der Waals surface area contributed by atoms with Gasteiger partial charge in [0.15, 0.2) is 0 Å². The molecule has 0 aliphatic carbocycles. The molecule has 37 heavy (non-hydrogen) atoms. The van der Waals surface area contributed by atoms with Crippen LogP contribution in [0.3, 0.4) is 0 Å². The lowest BCUT2D eigenvalue weighted by Gasteiger charge is -2.44. The highest BCUT2D eigenvalue weighted by Gasteiger charge is 2.39. The summed E-state index contributed by atoms with van der Waals surface area (Å²) in [5.41, 5.74) is 4.36. The average molecular weight is 513 g/mol. The van der Waals surface area contributed by atoms with Crippen LogP contribution in [0.5, 0.6) is 0 Å². The smallest absolute Gasteiger partial charge is 0.222 e. The number of allylic oxidation sites excluding steroid dienone is 1. The second-order valence-electron chi connectivity index (χ2n) is 9.93. The zero-order chi connectivity index (χ0) is 25.8. The summed E-state index contributed by atoms with van der Waals surface area (Å²) in [6, 6.07) is 25.6. The molecule has 0 saturated carbocycles. The van der Waals surface area contributed by atoms with E-state index in [4.69, 9.17) is 0 Å². The van der Waals surface area contributed by atoms with Crippen LogP contribution in [0.15, 0.2) is 91.1 Å². The summed E-state index contributed by atoms with van der Waals surface area (Å²) in [5, 5.41) is 5.01. The summed E-state index contributed by atoms with van der Waals surface area (Å²) >= 11 is 1.84. The number of hydrogen-bond acceptors (Lipinski definition) is 3. The summed E-state index contributed by atoms with van der Waals surface area (Å²) < 4.78 is 14.5. The van der Waals surface area contributed by atoms with Crippen LogP contribution >= 0.6 is 11.3 Å². The number of nitrogens with zero attached hydrogens (tertiary/aromatic N) is 1. The number of carbonyl (C=O) groups excluding carboxylic acids is 1. The SMILES string of the molecule is C=C(NCc1sc2ccccc2c1C)C1(c2ccccc2)CCN(C(=O)CCc2ccc(F)cc2)CC1. The van der Waals surface area contributed by atoms with Crippen LogP contribution in [0.4, 0.5) is 4.39 Å². The van der Waals surface area contributed by atoms with Crippen molar-refractivity contribution >= 4 is 27.3 Å². The molecule has 190 valence electrons. The van der Waals surface area contributed by atoms with Crippen molar-refractivity contribution in [3.8, 4) is 0 Å². The number of piperidine rings is 1. The molecule has 0 spiro atoms. The van der Waals surface area contributed by atoms with Crippen molar-refractivity contribution in [2.45, 2.75) is 44.6 Å². The molecular formula is C32H33FN2OS. The molecule has 3 aromatic carbocycles. The van der Waals surface area contributed by atoms with Gasteiger partial charge in [-0.15, -0.1) is 11.3 Å². The Morgan fingerprint density at radius 2 is 1.68 bits per heavy atom. The van der Waals surface area contributed by atoms with Gasteiger partial charge in [-0.1, -0.05) is 67.2 Å². The predicted molar refractivity (Wildman–Crippen MR) is 151 cm³/mol. The maximum absolute atomic E-state index is 13.2. The third kappa shape index (κ3) is 5.33. The number of rotatable bonds is 8. The van der Waals surface area contributed by atoms with Gasteiger partial charge in [-0.05, 0) is 66.5 Å². The summed E-state index contributed by atoms with van der Waals surface area (Å²) in [7, 11) is 0. The second-order valence-corrected chi connectivity index (χ2v) is 11.1. The minimum Gasteiger partial charge on any atom is -0.383 e.